The Balaban J connectivity index is 2.13. The van der Waals surface area contributed by atoms with Crippen LogP contribution in [0.3, 0.4) is 0 Å². The van der Waals surface area contributed by atoms with Crippen molar-refractivity contribution in [2.75, 3.05) is 31.6 Å². The average Bonchev–Trinajstić information content (AvgIpc) is 2.64. The van der Waals surface area contributed by atoms with Crippen LogP contribution in [-0.4, -0.2) is 32.8 Å². The molecule has 1 aromatic carbocycles. The van der Waals surface area contributed by atoms with Crippen LogP contribution in [0.25, 0.3) is 0 Å². The molecule has 3 nitrogen and oxygen atoms in total. The molecule has 1 unspecified atom stereocenters. The van der Waals surface area contributed by atoms with Crippen molar-refractivity contribution >= 4 is 17.3 Å². The van der Waals surface area contributed by atoms with Crippen molar-refractivity contribution in [1.29, 1.82) is 0 Å². The molecule has 1 fully saturated rings. The van der Waals surface area contributed by atoms with Gasteiger partial charge in [-0.1, -0.05) is 25.4 Å². The van der Waals surface area contributed by atoms with E-state index in [1.807, 2.05) is 12.1 Å². The van der Waals surface area contributed by atoms with E-state index in [1.54, 1.807) is 7.11 Å². The molecule has 0 spiro atoms. The van der Waals surface area contributed by atoms with E-state index in [2.05, 4.69) is 30.1 Å². The van der Waals surface area contributed by atoms with E-state index < -0.39 is 0 Å². The van der Waals surface area contributed by atoms with Crippen molar-refractivity contribution in [2.45, 2.75) is 32.7 Å². The van der Waals surface area contributed by atoms with Crippen LogP contribution in [-0.2, 0) is 0 Å². The van der Waals surface area contributed by atoms with Crippen LogP contribution in [0.15, 0.2) is 18.2 Å². The molecule has 0 saturated carbocycles. The summed E-state index contributed by atoms with van der Waals surface area (Å²) in [5.41, 5.74) is 1.20. The van der Waals surface area contributed by atoms with Crippen LogP contribution < -0.4 is 15.0 Å². The summed E-state index contributed by atoms with van der Waals surface area (Å²) in [4.78, 5) is 2.44. The molecule has 20 heavy (non-hydrogen) atoms. The molecule has 0 bridgehead atoms. The first-order valence-corrected chi connectivity index (χ1v) is 7.80. The van der Waals surface area contributed by atoms with Crippen molar-refractivity contribution < 1.29 is 4.74 Å². The number of nitrogens with one attached hydrogen (secondary N) is 1. The Labute approximate surface area is 127 Å². The van der Waals surface area contributed by atoms with Crippen LogP contribution in [0, 0.1) is 5.92 Å². The minimum absolute atomic E-state index is 0.555. The van der Waals surface area contributed by atoms with Crippen molar-refractivity contribution in [3.05, 3.63) is 23.2 Å². The maximum absolute atomic E-state index is 6.11. The third-order valence-corrected chi connectivity index (χ3v) is 4.05. The summed E-state index contributed by atoms with van der Waals surface area (Å²) in [5, 5.41) is 4.32. The maximum Gasteiger partial charge on any atom is 0.139 e. The van der Waals surface area contributed by atoms with Gasteiger partial charge in [-0.15, -0.1) is 0 Å². The van der Waals surface area contributed by atoms with E-state index in [0.717, 1.165) is 25.4 Å². The number of benzene rings is 1. The van der Waals surface area contributed by atoms with Gasteiger partial charge < -0.3 is 15.0 Å². The van der Waals surface area contributed by atoms with Gasteiger partial charge in [0.25, 0.3) is 0 Å². The smallest absolute Gasteiger partial charge is 0.139 e. The van der Waals surface area contributed by atoms with E-state index in [4.69, 9.17) is 16.3 Å². The minimum atomic E-state index is 0.555. The average molecular weight is 297 g/mol. The fraction of sp³-hybridized carbons (Fsp3) is 0.625. The van der Waals surface area contributed by atoms with Crippen molar-refractivity contribution in [2.24, 2.45) is 5.92 Å². The number of hydrogen-bond acceptors (Lipinski definition) is 3. The Morgan fingerprint density at radius 3 is 2.95 bits per heavy atom. The predicted molar refractivity (Wildman–Crippen MR) is 86.1 cm³/mol. The van der Waals surface area contributed by atoms with Crippen LogP contribution in [0.5, 0.6) is 5.75 Å². The Bertz CT molecular complexity index is 436. The number of methoxy groups -OCH3 is 1. The number of halogens is 1. The predicted octanol–water partition coefficient (Wildman–Crippen LogP) is 3.56. The van der Waals surface area contributed by atoms with Gasteiger partial charge in [-0.3, -0.25) is 0 Å². The van der Waals surface area contributed by atoms with Crippen LogP contribution in [0.2, 0.25) is 5.02 Å². The summed E-state index contributed by atoms with van der Waals surface area (Å²) in [6.07, 6.45) is 2.38. The first-order valence-electron chi connectivity index (χ1n) is 7.42. The molecular weight excluding hydrogens is 272 g/mol. The van der Waals surface area contributed by atoms with Gasteiger partial charge in [-0.25, -0.2) is 0 Å². The minimum Gasteiger partial charge on any atom is -0.495 e. The van der Waals surface area contributed by atoms with Crippen molar-refractivity contribution in [1.82, 2.24) is 5.32 Å². The Morgan fingerprint density at radius 1 is 1.45 bits per heavy atom. The molecule has 0 amide bonds. The number of nitrogens with zero attached hydrogens (tertiary/aromatic N) is 1. The highest BCUT2D eigenvalue weighted by Gasteiger charge is 2.19. The van der Waals surface area contributed by atoms with Gasteiger partial charge >= 0.3 is 0 Å². The second-order valence-electron chi connectivity index (χ2n) is 5.90. The van der Waals surface area contributed by atoms with Crippen molar-refractivity contribution in [3.8, 4) is 5.75 Å². The molecule has 0 aromatic heterocycles. The molecule has 1 heterocycles. The highest BCUT2D eigenvalue weighted by molar-refractivity contribution is 6.32. The van der Waals surface area contributed by atoms with Gasteiger partial charge in [0.1, 0.15) is 5.75 Å². The third kappa shape index (κ3) is 4.03. The third-order valence-electron chi connectivity index (χ3n) is 3.73. The Hall–Kier alpha value is -0.930. The highest BCUT2D eigenvalue weighted by Crippen LogP contribution is 2.30. The summed E-state index contributed by atoms with van der Waals surface area (Å²) in [6, 6.07) is 6.60. The highest BCUT2D eigenvalue weighted by atomic mass is 35.5. The number of anilines is 1. The normalized spacial score (nSPS) is 20.1. The Kier molecular flexibility index (Phi) is 5.55. The van der Waals surface area contributed by atoms with Crippen LogP contribution in [0.1, 0.15) is 26.7 Å². The van der Waals surface area contributed by atoms with E-state index >= 15 is 0 Å². The van der Waals surface area contributed by atoms with Crippen LogP contribution >= 0.6 is 11.6 Å². The SMILES string of the molecule is COc1cc(N2CCCNC(CC(C)C)C2)ccc1Cl. The zero-order valence-electron chi connectivity index (χ0n) is 12.7. The van der Waals surface area contributed by atoms with Gasteiger partial charge in [0.05, 0.1) is 12.1 Å². The summed E-state index contributed by atoms with van der Waals surface area (Å²) < 4.78 is 5.32. The second-order valence-corrected chi connectivity index (χ2v) is 6.31. The van der Waals surface area contributed by atoms with E-state index in [1.165, 1.54) is 18.5 Å². The molecule has 1 aromatic rings. The number of hydrogen-bond donors (Lipinski definition) is 1. The number of rotatable bonds is 4. The van der Waals surface area contributed by atoms with Gasteiger partial charge in [-0.05, 0) is 37.4 Å². The van der Waals surface area contributed by atoms with E-state index in [0.29, 0.717) is 17.0 Å². The lowest BCUT2D eigenvalue weighted by Crippen LogP contribution is -2.38. The first-order chi connectivity index (χ1) is 9.60. The molecule has 4 heteroatoms. The molecular formula is C16H25ClN2O. The van der Waals surface area contributed by atoms with Gasteiger partial charge in [0, 0.05) is 30.9 Å². The van der Waals surface area contributed by atoms with Gasteiger partial charge in [0.2, 0.25) is 0 Å². The van der Waals surface area contributed by atoms with E-state index in [-0.39, 0.29) is 0 Å². The zero-order valence-corrected chi connectivity index (χ0v) is 13.4. The summed E-state index contributed by atoms with van der Waals surface area (Å²) in [7, 11) is 1.66. The van der Waals surface area contributed by atoms with Gasteiger partial charge in [-0.2, -0.15) is 0 Å². The second kappa shape index (κ2) is 7.19. The lowest BCUT2D eigenvalue weighted by Gasteiger charge is -2.27. The molecule has 112 valence electrons. The molecule has 1 aliphatic rings. The first kappa shape index (κ1) is 15.5. The van der Waals surface area contributed by atoms with Crippen molar-refractivity contribution in [3.63, 3.8) is 0 Å². The molecule has 1 aliphatic heterocycles. The topological polar surface area (TPSA) is 24.5 Å². The van der Waals surface area contributed by atoms with Gasteiger partial charge in [0.15, 0.2) is 0 Å². The summed E-state index contributed by atoms with van der Waals surface area (Å²) in [5.74, 6) is 1.47. The number of ether oxygens (including phenoxy) is 1. The molecule has 0 aliphatic carbocycles. The Morgan fingerprint density at radius 2 is 2.25 bits per heavy atom. The standard InChI is InChI=1S/C16H25ClN2O/c1-12(2)9-13-11-19(8-4-7-18-13)14-5-6-15(17)16(10-14)20-3/h5-6,10,12-13,18H,4,7-9,11H2,1-3H3. The quantitative estimate of drug-likeness (QED) is 0.919. The molecule has 1 saturated heterocycles. The summed E-state index contributed by atoms with van der Waals surface area (Å²) >= 11 is 6.11. The monoisotopic (exact) mass is 296 g/mol. The summed E-state index contributed by atoms with van der Waals surface area (Å²) in [6.45, 7) is 7.78. The molecule has 2 rings (SSSR count). The fourth-order valence-corrected chi connectivity index (χ4v) is 3.00. The zero-order chi connectivity index (χ0) is 14.5. The molecule has 1 atom stereocenters. The maximum atomic E-state index is 6.11. The molecule has 1 N–H and O–H groups in total. The lowest BCUT2D eigenvalue weighted by atomic mass is 10.0. The fourth-order valence-electron chi connectivity index (χ4n) is 2.80. The molecule has 0 radical (unpaired) electrons. The lowest BCUT2D eigenvalue weighted by molar-refractivity contribution is 0.414. The largest absolute Gasteiger partial charge is 0.495 e. The van der Waals surface area contributed by atoms with Crippen LogP contribution in [0.4, 0.5) is 5.69 Å². The van der Waals surface area contributed by atoms with E-state index in [9.17, 15) is 0 Å².